The van der Waals surface area contributed by atoms with E-state index in [0.717, 1.165) is 11.1 Å². The molecule has 0 bridgehead atoms. The smallest absolute Gasteiger partial charge is 0.387 e. The first kappa shape index (κ1) is 18.7. The molecular weight excluding hydrogens is 332 g/mol. The molecule has 0 aliphatic rings. The summed E-state index contributed by atoms with van der Waals surface area (Å²) in [6.45, 7) is -1.81. The number of carboxylic acids is 1. The van der Waals surface area contributed by atoms with Gasteiger partial charge < -0.3 is 19.9 Å². The molecule has 134 valence electrons. The minimum absolute atomic E-state index is 0.00385. The third-order valence-corrected chi connectivity index (χ3v) is 3.54. The van der Waals surface area contributed by atoms with Crippen molar-refractivity contribution in [1.29, 1.82) is 0 Å². The van der Waals surface area contributed by atoms with Gasteiger partial charge in [0.1, 0.15) is 0 Å². The number of halogens is 2. The fourth-order valence-electron chi connectivity index (χ4n) is 2.34. The molecular formula is C18H19F2NO4. The molecule has 0 radical (unpaired) electrons. The monoisotopic (exact) mass is 351 g/mol. The number of rotatable bonds is 9. The average molecular weight is 351 g/mol. The van der Waals surface area contributed by atoms with E-state index < -0.39 is 12.6 Å². The van der Waals surface area contributed by atoms with Crippen LogP contribution in [0.2, 0.25) is 0 Å². The van der Waals surface area contributed by atoms with Crippen molar-refractivity contribution in [3.05, 3.63) is 59.2 Å². The zero-order chi connectivity index (χ0) is 18.2. The Labute approximate surface area is 144 Å². The quantitative estimate of drug-likeness (QED) is 0.679. The van der Waals surface area contributed by atoms with Gasteiger partial charge in [-0.15, -0.1) is 0 Å². The molecule has 25 heavy (non-hydrogen) atoms. The maximum Gasteiger partial charge on any atom is 0.387 e. The number of aromatic carboxylic acids is 1. The number of benzene rings is 2. The first-order valence-electron chi connectivity index (χ1n) is 7.64. The predicted molar refractivity (Wildman–Crippen MR) is 88.4 cm³/mol. The van der Waals surface area contributed by atoms with Gasteiger partial charge in [-0.25, -0.2) is 4.79 Å². The molecule has 0 heterocycles. The largest absolute Gasteiger partial charge is 0.493 e. The van der Waals surface area contributed by atoms with Gasteiger partial charge >= 0.3 is 12.6 Å². The zero-order valence-electron chi connectivity index (χ0n) is 13.7. The molecule has 0 saturated heterocycles. The summed E-state index contributed by atoms with van der Waals surface area (Å²) < 4.78 is 34.3. The third-order valence-electron chi connectivity index (χ3n) is 3.54. The lowest BCUT2D eigenvalue weighted by molar-refractivity contribution is -0.0512. The first-order valence-corrected chi connectivity index (χ1v) is 7.64. The van der Waals surface area contributed by atoms with Crippen LogP contribution >= 0.6 is 0 Å². The minimum atomic E-state index is -2.91. The van der Waals surface area contributed by atoms with Gasteiger partial charge in [0.05, 0.1) is 12.7 Å². The van der Waals surface area contributed by atoms with Crippen LogP contribution in [-0.2, 0) is 13.0 Å². The molecule has 0 aliphatic carbocycles. The Kier molecular flexibility index (Phi) is 6.71. The lowest BCUT2D eigenvalue weighted by atomic mass is 10.1. The third kappa shape index (κ3) is 5.72. The van der Waals surface area contributed by atoms with Crippen molar-refractivity contribution in [1.82, 2.24) is 5.32 Å². The van der Waals surface area contributed by atoms with Crippen molar-refractivity contribution in [2.75, 3.05) is 13.7 Å². The summed E-state index contributed by atoms with van der Waals surface area (Å²) in [5.74, 6) is -0.710. The molecule has 2 N–H and O–H groups in total. The topological polar surface area (TPSA) is 67.8 Å². The van der Waals surface area contributed by atoms with Gasteiger partial charge in [0.2, 0.25) is 0 Å². The van der Waals surface area contributed by atoms with Crippen molar-refractivity contribution < 1.29 is 28.2 Å². The van der Waals surface area contributed by atoms with E-state index in [9.17, 15) is 13.6 Å². The van der Waals surface area contributed by atoms with Crippen molar-refractivity contribution in [2.45, 2.75) is 19.6 Å². The highest BCUT2D eigenvalue weighted by molar-refractivity contribution is 5.87. The maximum absolute atomic E-state index is 12.4. The summed E-state index contributed by atoms with van der Waals surface area (Å²) in [5.41, 5.74) is 1.92. The Bertz CT molecular complexity index is 722. The standard InChI is InChI=1S/C18H19F2NO4/c1-24-15-6-5-12(10-16(15)25-18(19)20)7-8-21-11-13-3-2-4-14(9-13)17(22)23/h2-6,9-10,18,21H,7-8,11H2,1H3,(H,22,23). The van der Waals surface area contributed by atoms with Crippen LogP contribution in [0.3, 0.4) is 0 Å². The number of carbonyl (C=O) groups is 1. The number of hydrogen-bond donors (Lipinski definition) is 2. The Morgan fingerprint density at radius 1 is 1.16 bits per heavy atom. The maximum atomic E-state index is 12.4. The van der Waals surface area contributed by atoms with Crippen molar-refractivity contribution in [3.8, 4) is 11.5 Å². The van der Waals surface area contributed by atoms with Crippen LogP contribution < -0.4 is 14.8 Å². The second-order valence-corrected chi connectivity index (χ2v) is 5.30. The predicted octanol–water partition coefficient (Wildman–Crippen LogP) is 3.33. The molecule has 0 spiro atoms. The van der Waals surface area contributed by atoms with Crippen LogP contribution in [0.25, 0.3) is 0 Å². The second-order valence-electron chi connectivity index (χ2n) is 5.30. The van der Waals surface area contributed by atoms with Gasteiger partial charge in [-0.3, -0.25) is 0 Å². The van der Waals surface area contributed by atoms with E-state index in [1.54, 1.807) is 24.3 Å². The molecule has 0 atom stereocenters. The lowest BCUT2D eigenvalue weighted by Crippen LogP contribution is -2.17. The molecule has 2 aromatic rings. The highest BCUT2D eigenvalue weighted by atomic mass is 19.3. The van der Waals surface area contributed by atoms with E-state index in [2.05, 4.69) is 10.1 Å². The summed E-state index contributed by atoms with van der Waals surface area (Å²) >= 11 is 0. The Morgan fingerprint density at radius 2 is 1.96 bits per heavy atom. The van der Waals surface area contributed by atoms with Crippen LogP contribution in [0.1, 0.15) is 21.5 Å². The Balaban J connectivity index is 1.89. The van der Waals surface area contributed by atoms with Crippen LogP contribution in [0.4, 0.5) is 8.78 Å². The van der Waals surface area contributed by atoms with Gasteiger partial charge in [-0.1, -0.05) is 18.2 Å². The summed E-state index contributed by atoms with van der Waals surface area (Å²) in [7, 11) is 1.39. The lowest BCUT2D eigenvalue weighted by Gasteiger charge is -2.12. The SMILES string of the molecule is COc1ccc(CCNCc2cccc(C(=O)O)c2)cc1OC(F)F. The number of nitrogens with one attached hydrogen (secondary N) is 1. The van der Waals surface area contributed by atoms with Gasteiger partial charge in [-0.05, 0) is 48.4 Å². The van der Waals surface area contributed by atoms with Crippen LogP contribution in [0.15, 0.2) is 42.5 Å². The van der Waals surface area contributed by atoms with E-state index in [4.69, 9.17) is 9.84 Å². The van der Waals surface area contributed by atoms with Gasteiger partial charge in [0.25, 0.3) is 0 Å². The van der Waals surface area contributed by atoms with Crippen molar-refractivity contribution >= 4 is 5.97 Å². The molecule has 7 heteroatoms. The fraction of sp³-hybridized carbons (Fsp3) is 0.278. The number of methoxy groups -OCH3 is 1. The molecule has 0 saturated carbocycles. The summed E-state index contributed by atoms with van der Waals surface area (Å²) in [6, 6.07) is 11.6. The average Bonchev–Trinajstić information content (AvgIpc) is 2.58. The number of hydrogen-bond acceptors (Lipinski definition) is 4. The first-order chi connectivity index (χ1) is 12.0. The van der Waals surface area contributed by atoms with E-state index in [1.165, 1.54) is 19.2 Å². The molecule has 2 rings (SSSR count). The zero-order valence-corrected chi connectivity index (χ0v) is 13.7. The van der Waals surface area contributed by atoms with Gasteiger partial charge in [-0.2, -0.15) is 8.78 Å². The van der Waals surface area contributed by atoms with Gasteiger partial charge in [0.15, 0.2) is 11.5 Å². The summed E-state index contributed by atoms with van der Waals surface area (Å²) in [5, 5.41) is 12.2. The number of ether oxygens (including phenoxy) is 2. The van der Waals surface area contributed by atoms with Gasteiger partial charge in [0, 0.05) is 6.54 Å². The molecule has 0 unspecified atom stereocenters. The molecule has 2 aromatic carbocycles. The Hall–Kier alpha value is -2.67. The van der Waals surface area contributed by atoms with E-state index in [0.29, 0.717) is 19.5 Å². The van der Waals surface area contributed by atoms with Crippen LogP contribution in [0.5, 0.6) is 11.5 Å². The normalized spacial score (nSPS) is 10.7. The second kappa shape index (κ2) is 8.98. The molecule has 0 aromatic heterocycles. The fourth-order valence-corrected chi connectivity index (χ4v) is 2.34. The molecule has 0 fully saturated rings. The Morgan fingerprint density at radius 3 is 2.64 bits per heavy atom. The van der Waals surface area contributed by atoms with Crippen molar-refractivity contribution in [3.63, 3.8) is 0 Å². The highest BCUT2D eigenvalue weighted by Crippen LogP contribution is 2.29. The van der Waals surface area contributed by atoms with E-state index in [1.807, 2.05) is 6.07 Å². The van der Waals surface area contributed by atoms with Crippen LogP contribution in [-0.4, -0.2) is 31.3 Å². The summed E-state index contributed by atoms with van der Waals surface area (Å²) in [6.07, 6.45) is 0.599. The van der Waals surface area contributed by atoms with Crippen molar-refractivity contribution in [2.24, 2.45) is 0 Å². The summed E-state index contributed by atoms with van der Waals surface area (Å²) in [4.78, 5) is 10.9. The molecule has 0 amide bonds. The molecule has 0 aliphatic heterocycles. The molecule has 5 nitrogen and oxygen atoms in total. The van der Waals surface area contributed by atoms with E-state index in [-0.39, 0.29) is 17.1 Å². The van der Waals surface area contributed by atoms with E-state index >= 15 is 0 Å². The minimum Gasteiger partial charge on any atom is -0.493 e. The highest BCUT2D eigenvalue weighted by Gasteiger charge is 2.11. The number of alkyl halides is 2. The van der Waals surface area contributed by atoms with Crippen LogP contribution in [0, 0.1) is 0 Å². The number of carboxylic acid groups (broad SMARTS) is 1.